The minimum Gasteiger partial charge on any atom is -0.423 e. The van der Waals surface area contributed by atoms with E-state index in [0.717, 1.165) is 5.56 Å². The van der Waals surface area contributed by atoms with E-state index in [-0.39, 0.29) is 0 Å². The lowest BCUT2D eigenvalue weighted by atomic mass is 10.1. The van der Waals surface area contributed by atoms with Crippen molar-refractivity contribution in [3.8, 4) is 11.5 Å². The molecule has 0 saturated heterocycles. The molecule has 0 radical (unpaired) electrons. The van der Waals surface area contributed by atoms with Crippen LogP contribution in [0.2, 0.25) is 0 Å². The maximum absolute atomic E-state index is 5.04. The van der Waals surface area contributed by atoms with Gasteiger partial charge in [0.2, 0.25) is 12.3 Å². The van der Waals surface area contributed by atoms with Gasteiger partial charge in [-0.3, -0.25) is 0 Å². The number of aromatic nitrogens is 2. The van der Waals surface area contributed by atoms with Crippen LogP contribution in [0.15, 0.2) is 35.1 Å². The molecule has 0 aliphatic heterocycles. The maximum atomic E-state index is 5.04. The van der Waals surface area contributed by atoms with E-state index in [9.17, 15) is 0 Å². The summed E-state index contributed by atoms with van der Waals surface area (Å²) in [5.41, 5.74) is 2.18. The summed E-state index contributed by atoms with van der Waals surface area (Å²) < 4.78 is 5.04. The Morgan fingerprint density at radius 2 is 1.92 bits per heavy atom. The van der Waals surface area contributed by atoms with Gasteiger partial charge in [0.05, 0.1) is 0 Å². The van der Waals surface area contributed by atoms with Gasteiger partial charge in [0.15, 0.2) is 0 Å². The first-order chi connectivity index (χ1) is 5.86. The van der Waals surface area contributed by atoms with Gasteiger partial charge in [-0.05, 0) is 19.1 Å². The van der Waals surface area contributed by atoms with Crippen molar-refractivity contribution in [3.05, 3.63) is 36.2 Å². The van der Waals surface area contributed by atoms with Gasteiger partial charge in [-0.25, -0.2) is 0 Å². The lowest BCUT2D eigenvalue weighted by Crippen LogP contribution is -1.77. The van der Waals surface area contributed by atoms with Crippen LogP contribution in [0.25, 0.3) is 11.5 Å². The third-order valence-electron chi connectivity index (χ3n) is 1.66. The molecule has 0 amide bonds. The summed E-state index contributed by atoms with van der Waals surface area (Å²) in [6.45, 7) is 2.04. The van der Waals surface area contributed by atoms with Gasteiger partial charge >= 0.3 is 0 Å². The molecule has 1 heterocycles. The van der Waals surface area contributed by atoms with E-state index in [2.05, 4.69) is 10.2 Å². The van der Waals surface area contributed by atoms with Crippen LogP contribution in [0.3, 0.4) is 0 Å². The molecular formula is C9H8N2O. The van der Waals surface area contributed by atoms with Gasteiger partial charge in [-0.15, -0.1) is 10.2 Å². The monoisotopic (exact) mass is 160 g/mol. The summed E-state index contributed by atoms with van der Waals surface area (Å²) in [5.74, 6) is 0.565. The standard InChI is InChI=1S/C9H8N2O/c1-7-2-4-8(5-3-7)9-11-10-6-12-9/h2-6H,1H3. The first kappa shape index (κ1) is 7.03. The molecule has 2 aromatic rings. The Balaban J connectivity index is 2.43. The van der Waals surface area contributed by atoms with E-state index in [1.165, 1.54) is 12.0 Å². The molecule has 0 N–H and O–H groups in total. The summed E-state index contributed by atoms with van der Waals surface area (Å²) in [6, 6.07) is 7.95. The smallest absolute Gasteiger partial charge is 0.247 e. The van der Waals surface area contributed by atoms with Gasteiger partial charge in [0.25, 0.3) is 0 Å². The van der Waals surface area contributed by atoms with Crippen LogP contribution in [0.1, 0.15) is 5.56 Å². The van der Waals surface area contributed by atoms with Gasteiger partial charge in [0, 0.05) is 5.56 Å². The maximum Gasteiger partial charge on any atom is 0.247 e. The normalized spacial score (nSPS) is 10.1. The van der Waals surface area contributed by atoms with Crippen molar-refractivity contribution in [3.63, 3.8) is 0 Å². The molecule has 0 spiro atoms. The van der Waals surface area contributed by atoms with Crippen LogP contribution in [-0.2, 0) is 0 Å². The van der Waals surface area contributed by atoms with E-state index < -0.39 is 0 Å². The molecule has 0 aliphatic carbocycles. The Kier molecular flexibility index (Phi) is 1.63. The predicted molar refractivity (Wildman–Crippen MR) is 44.5 cm³/mol. The zero-order valence-electron chi connectivity index (χ0n) is 6.69. The molecule has 60 valence electrons. The Hall–Kier alpha value is -1.64. The zero-order valence-corrected chi connectivity index (χ0v) is 6.69. The summed E-state index contributed by atoms with van der Waals surface area (Å²) in [4.78, 5) is 0. The molecule has 0 unspecified atom stereocenters. The van der Waals surface area contributed by atoms with Crippen molar-refractivity contribution >= 4 is 0 Å². The molecule has 2 rings (SSSR count). The fourth-order valence-corrected chi connectivity index (χ4v) is 0.995. The molecule has 0 fully saturated rings. The zero-order chi connectivity index (χ0) is 8.39. The van der Waals surface area contributed by atoms with E-state index in [1.807, 2.05) is 31.2 Å². The van der Waals surface area contributed by atoms with Crippen LogP contribution < -0.4 is 0 Å². The van der Waals surface area contributed by atoms with Crippen molar-refractivity contribution in [2.75, 3.05) is 0 Å². The summed E-state index contributed by atoms with van der Waals surface area (Å²) >= 11 is 0. The molecule has 0 atom stereocenters. The third-order valence-corrected chi connectivity index (χ3v) is 1.66. The molecular weight excluding hydrogens is 152 g/mol. The average Bonchev–Trinajstić information content (AvgIpc) is 2.58. The van der Waals surface area contributed by atoms with Crippen molar-refractivity contribution in [2.24, 2.45) is 0 Å². The Morgan fingerprint density at radius 1 is 1.17 bits per heavy atom. The highest BCUT2D eigenvalue weighted by Gasteiger charge is 2.00. The van der Waals surface area contributed by atoms with Crippen LogP contribution in [0.4, 0.5) is 0 Å². The second-order valence-corrected chi connectivity index (χ2v) is 2.61. The molecule has 0 bridgehead atoms. The van der Waals surface area contributed by atoms with E-state index in [1.54, 1.807) is 0 Å². The largest absolute Gasteiger partial charge is 0.423 e. The number of nitrogens with zero attached hydrogens (tertiary/aromatic N) is 2. The van der Waals surface area contributed by atoms with Gasteiger partial charge in [-0.1, -0.05) is 17.7 Å². The quantitative estimate of drug-likeness (QED) is 0.640. The molecule has 1 aromatic heterocycles. The Bertz CT molecular complexity index is 351. The second kappa shape index (κ2) is 2.77. The summed E-state index contributed by atoms with van der Waals surface area (Å²) in [6.07, 6.45) is 1.33. The minimum absolute atomic E-state index is 0.565. The lowest BCUT2D eigenvalue weighted by Gasteiger charge is -1.93. The first-order valence-electron chi connectivity index (χ1n) is 3.69. The molecule has 0 saturated carbocycles. The molecule has 3 heteroatoms. The molecule has 12 heavy (non-hydrogen) atoms. The predicted octanol–water partition coefficient (Wildman–Crippen LogP) is 2.05. The minimum atomic E-state index is 0.565. The summed E-state index contributed by atoms with van der Waals surface area (Å²) in [5, 5.41) is 7.40. The molecule has 0 aliphatic rings. The number of hydrogen-bond acceptors (Lipinski definition) is 3. The highest BCUT2D eigenvalue weighted by atomic mass is 16.4. The van der Waals surface area contributed by atoms with Gasteiger partial charge in [0.1, 0.15) is 0 Å². The highest BCUT2D eigenvalue weighted by Crippen LogP contribution is 2.15. The van der Waals surface area contributed by atoms with Crippen molar-refractivity contribution in [1.29, 1.82) is 0 Å². The SMILES string of the molecule is Cc1ccc(-c2nnco2)cc1. The lowest BCUT2D eigenvalue weighted by molar-refractivity contribution is 0.568. The van der Waals surface area contributed by atoms with Crippen LogP contribution >= 0.6 is 0 Å². The first-order valence-corrected chi connectivity index (χ1v) is 3.69. The topological polar surface area (TPSA) is 38.9 Å². The van der Waals surface area contributed by atoms with Gasteiger partial charge < -0.3 is 4.42 Å². The highest BCUT2D eigenvalue weighted by molar-refractivity contribution is 5.52. The van der Waals surface area contributed by atoms with Crippen molar-refractivity contribution in [2.45, 2.75) is 6.92 Å². The fraction of sp³-hybridized carbons (Fsp3) is 0.111. The second-order valence-electron chi connectivity index (χ2n) is 2.61. The van der Waals surface area contributed by atoms with Crippen LogP contribution in [-0.4, -0.2) is 10.2 Å². The van der Waals surface area contributed by atoms with Crippen molar-refractivity contribution < 1.29 is 4.42 Å². The number of rotatable bonds is 1. The Morgan fingerprint density at radius 3 is 2.50 bits per heavy atom. The van der Waals surface area contributed by atoms with Crippen LogP contribution in [0, 0.1) is 6.92 Å². The molecule has 1 aromatic carbocycles. The average molecular weight is 160 g/mol. The summed E-state index contributed by atoms with van der Waals surface area (Å²) in [7, 11) is 0. The van der Waals surface area contributed by atoms with E-state index in [0.29, 0.717) is 5.89 Å². The van der Waals surface area contributed by atoms with E-state index in [4.69, 9.17) is 4.42 Å². The van der Waals surface area contributed by atoms with Gasteiger partial charge in [-0.2, -0.15) is 0 Å². The van der Waals surface area contributed by atoms with Crippen molar-refractivity contribution in [1.82, 2.24) is 10.2 Å². The van der Waals surface area contributed by atoms with E-state index >= 15 is 0 Å². The fourth-order valence-electron chi connectivity index (χ4n) is 0.995. The number of aryl methyl sites for hydroxylation is 1. The Labute approximate surface area is 70.1 Å². The molecule has 3 nitrogen and oxygen atoms in total. The van der Waals surface area contributed by atoms with Crippen LogP contribution in [0.5, 0.6) is 0 Å². The third kappa shape index (κ3) is 1.21. The number of benzene rings is 1. The number of hydrogen-bond donors (Lipinski definition) is 0.